The lowest BCUT2D eigenvalue weighted by Crippen LogP contribution is -2.34. The maximum absolute atomic E-state index is 4.17. The summed E-state index contributed by atoms with van der Waals surface area (Å²) in [5.41, 5.74) is 1.50. The van der Waals surface area contributed by atoms with Crippen LogP contribution in [0.25, 0.3) is 0 Å². The molecule has 0 amide bonds. The Morgan fingerprint density at radius 3 is 2.86 bits per heavy atom. The van der Waals surface area contributed by atoms with Gasteiger partial charge in [0.25, 0.3) is 0 Å². The van der Waals surface area contributed by atoms with Gasteiger partial charge in [0.05, 0.1) is 0 Å². The second kappa shape index (κ2) is 3.70. The molecule has 0 atom stereocenters. The van der Waals surface area contributed by atoms with Gasteiger partial charge >= 0.3 is 0 Å². The van der Waals surface area contributed by atoms with Gasteiger partial charge in [-0.2, -0.15) is 0 Å². The maximum Gasteiger partial charge on any atom is 0.0305 e. The molecule has 76 valence electrons. The fraction of sp³-hybridized carbons (Fsp3) is 0.583. The number of hydrogen-bond acceptors (Lipinski definition) is 2. The van der Waals surface area contributed by atoms with E-state index < -0.39 is 0 Å². The average molecular weight is 190 g/mol. The van der Waals surface area contributed by atoms with Crippen molar-refractivity contribution < 1.29 is 0 Å². The van der Waals surface area contributed by atoms with Crippen molar-refractivity contribution in [3.63, 3.8) is 0 Å². The highest BCUT2D eigenvalue weighted by molar-refractivity contribution is 5.20. The molecule has 2 heteroatoms. The number of aromatic nitrogens is 1. The second-order valence-corrected chi connectivity index (χ2v) is 4.78. The summed E-state index contributed by atoms with van der Waals surface area (Å²) in [6.07, 6.45) is 6.49. The third-order valence-electron chi connectivity index (χ3n) is 2.85. The average Bonchev–Trinajstić information content (AvgIpc) is 3.00. The predicted molar refractivity (Wildman–Crippen MR) is 58.3 cm³/mol. The number of nitrogens with one attached hydrogen (secondary N) is 1. The van der Waals surface area contributed by atoms with Crippen LogP contribution >= 0.6 is 0 Å². The van der Waals surface area contributed by atoms with E-state index in [4.69, 9.17) is 0 Å². The molecule has 0 bridgehead atoms. The molecule has 14 heavy (non-hydrogen) atoms. The molecule has 0 aromatic carbocycles. The molecule has 1 N–H and O–H groups in total. The number of hydrogen-bond donors (Lipinski definition) is 1. The lowest BCUT2D eigenvalue weighted by Gasteiger charge is -2.25. The summed E-state index contributed by atoms with van der Waals surface area (Å²) in [5, 5.41) is 3.57. The van der Waals surface area contributed by atoms with Crippen LogP contribution < -0.4 is 5.32 Å². The zero-order valence-corrected chi connectivity index (χ0v) is 8.96. The SMILES string of the molecule is CC(C)(CNC1CC1)c1cccnc1. The fourth-order valence-corrected chi connectivity index (χ4v) is 1.55. The van der Waals surface area contributed by atoms with Gasteiger partial charge in [-0.25, -0.2) is 0 Å². The summed E-state index contributed by atoms with van der Waals surface area (Å²) >= 11 is 0. The van der Waals surface area contributed by atoms with Crippen molar-refractivity contribution in [1.82, 2.24) is 10.3 Å². The van der Waals surface area contributed by atoms with Gasteiger partial charge in [0.1, 0.15) is 0 Å². The molecular formula is C12H18N2. The fourth-order valence-electron chi connectivity index (χ4n) is 1.55. The van der Waals surface area contributed by atoms with Gasteiger partial charge in [0, 0.05) is 30.4 Å². The van der Waals surface area contributed by atoms with Crippen LogP contribution in [0.4, 0.5) is 0 Å². The van der Waals surface area contributed by atoms with Crippen LogP contribution in [0.2, 0.25) is 0 Å². The van der Waals surface area contributed by atoms with Crippen molar-refractivity contribution in [1.29, 1.82) is 0 Å². The lowest BCUT2D eigenvalue weighted by molar-refractivity contribution is 0.466. The minimum absolute atomic E-state index is 0.191. The van der Waals surface area contributed by atoms with Crippen LogP contribution in [0.3, 0.4) is 0 Å². The van der Waals surface area contributed by atoms with E-state index in [0.717, 1.165) is 12.6 Å². The minimum Gasteiger partial charge on any atom is -0.313 e. The molecule has 1 saturated carbocycles. The molecule has 0 saturated heterocycles. The van der Waals surface area contributed by atoms with E-state index in [9.17, 15) is 0 Å². The van der Waals surface area contributed by atoms with Crippen molar-refractivity contribution in [2.75, 3.05) is 6.54 Å². The molecule has 1 aliphatic rings. The van der Waals surface area contributed by atoms with Crippen molar-refractivity contribution in [2.24, 2.45) is 0 Å². The number of pyridine rings is 1. The largest absolute Gasteiger partial charge is 0.313 e. The highest BCUT2D eigenvalue weighted by Gasteiger charge is 2.26. The molecule has 0 radical (unpaired) electrons. The summed E-state index contributed by atoms with van der Waals surface area (Å²) in [4.78, 5) is 4.17. The number of nitrogens with zero attached hydrogens (tertiary/aromatic N) is 1. The van der Waals surface area contributed by atoms with Crippen molar-refractivity contribution in [3.05, 3.63) is 30.1 Å². The van der Waals surface area contributed by atoms with Gasteiger partial charge in [-0.3, -0.25) is 4.98 Å². The Balaban J connectivity index is 1.99. The lowest BCUT2D eigenvalue weighted by atomic mass is 9.86. The Kier molecular flexibility index (Phi) is 2.55. The first-order valence-electron chi connectivity index (χ1n) is 5.32. The normalized spacial score (nSPS) is 17.0. The van der Waals surface area contributed by atoms with E-state index in [2.05, 4.69) is 30.2 Å². The predicted octanol–water partition coefficient (Wildman–Crippen LogP) is 2.11. The van der Waals surface area contributed by atoms with E-state index in [-0.39, 0.29) is 5.41 Å². The van der Waals surface area contributed by atoms with Crippen molar-refractivity contribution >= 4 is 0 Å². The summed E-state index contributed by atoms with van der Waals surface area (Å²) in [5.74, 6) is 0. The monoisotopic (exact) mass is 190 g/mol. The first-order valence-corrected chi connectivity index (χ1v) is 5.32. The van der Waals surface area contributed by atoms with Gasteiger partial charge < -0.3 is 5.32 Å². The highest BCUT2D eigenvalue weighted by atomic mass is 15.0. The molecule has 0 unspecified atom stereocenters. The van der Waals surface area contributed by atoms with Gasteiger partial charge in [-0.05, 0) is 24.5 Å². The maximum atomic E-state index is 4.17. The Labute approximate surface area is 85.7 Å². The molecule has 1 aromatic rings. The smallest absolute Gasteiger partial charge is 0.0305 e. The quantitative estimate of drug-likeness (QED) is 0.786. The van der Waals surface area contributed by atoms with Crippen molar-refractivity contribution in [3.8, 4) is 0 Å². The first-order chi connectivity index (χ1) is 6.68. The standard InChI is InChI=1S/C12H18N2/c1-12(2,9-14-11-5-6-11)10-4-3-7-13-8-10/h3-4,7-8,11,14H,5-6,9H2,1-2H3. The second-order valence-electron chi connectivity index (χ2n) is 4.78. The van der Waals surface area contributed by atoms with Crippen LogP contribution in [0, 0.1) is 0 Å². The van der Waals surface area contributed by atoms with Gasteiger partial charge in [0.15, 0.2) is 0 Å². The highest BCUT2D eigenvalue weighted by Crippen LogP contribution is 2.24. The first kappa shape index (κ1) is 9.66. The zero-order valence-electron chi connectivity index (χ0n) is 8.96. The molecule has 1 fully saturated rings. The molecule has 2 nitrogen and oxygen atoms in total. The van der Waals surface area contributed by atoms with Crippen LogP contribution in [0.5, 0.6) is 0 Å². The van der Waals surface area contributed by atoms with Gasteiger partial charge in [-0.1, -0.05) is 19.9 Å². The van der Waals surface area contributed by atoms with Crippen molar-refractivity contribution in [2.45, 2.75) is 38.1 Å². The molecule has 2 rings (SSSR count). The Bertz CT molecular complexity index is 288. The summed E-state index contributed by atoms with van der Waals surface area (Å²) < 4.78 is 0. The van der Waals surface area contributed by atoms with Gasteiger partial charge in [-0.15, -0.1) is 0 Å². The Morgan fingerprint density at radius 2 is 2.29 bits per heavy atom. The van der Waals surface area contributed by atoms with E-state index in [1.54, 1.807) is 0 Å². The minimum atomic E-state index is 0.191. The molecule has 1 aliphatic carbocycles. The Morgan fingerprint density at radius 1 is 1.50 bits per heavy atom. The molecule has 0 aliphatic heterocycles. The van der Waals surface area contributed by atoms with E-state index in [1.165, 1.54) is 18.4 Å². The van der Waals surface area contributed by atoms with Crippen LogP contribution in [0.1, 0.15) is 32.3 Å². The molecule has 1 aromatic heterocycles. The third kappa shape index (κ3) is 2.32. The zero-order chi connectivity index (χ0) is 10.0. The van der Waals surface area contributed by atoms with E-state index >= 15 is 0 Å². The third-order valence-corrected chi connectivity index (χ3v) is 2.85. The van der Waals surface area contributed by atoms with Crippen LogP contribution in [-0.2, 0) is 5.41 Å². The molecule has 0 spiro atoms. The van der Waals surface area contributed by atoms with Gasteiger partial charge in [0.2, 0.25) is 0 Å². The molecular weight excluding hydrogens is 172 g/mol. The van der Waals surface area contributed by atoms with Crippen LogP contribution in [-0.4, -0.2) is 17.6 Å². The summed E-state index contributed by atoms with van der Waals surface area (Å²) in [7, 11) is 0. The molecule has 1 heterocycles. The number of rotatable bonds is 4. The van der Waals surface area contributed by atoms with E-state index in [1.807, 2.05) is 18.5 Å². The van der Waals surface area contributed by atoms with E-state index in [0.29, 0.717) is 0 Å². The van der Waals surface area contributed by atoms with Crippen LogP contribution in [0.15, 0.2) is 24.5 Å². The summed E-state index contributed by atoms with van der Waals surface area (Å²) in [6, 6.07) is 4.95. The Hall–Kier alpha value is -0.890. The topological polar surface area (TPSA) is 24.9 Å². The summed E-state index contributed by atoms with van der Waals surface area (Å²) in [6.45, 7) is 5.57.